The number of benzene rings is 2. The van der Waals surface area contributed by atoms with Crippen molar-refractivity contribution in [2.24, 2.45) is 0 Å². The van der Waals surface area contributed by atoms with Crippen LogP contribution in [0.1, 0.15) is 5.56 Å². The summed E-state index contributed by atoms with van der Waals surface area (Å²) in [5, 5.41) is 12.3. The number of ether oxygens (including phenoxy) is 1. The van der Waals surface area contributed by atoms with Crippen molar-refractivity contribution in [3.63, 3.8) is 0 Å². The van der Waals surface area contributed by atoms with Gasteiger partial charge in [-0.15, -0.1) is 0 Å². The fourth-order valence-corrected chi connectivity index (χ4v) is 2.12. The number of halogens is 1. The molecule has 0 aromatic heterocycles. The smallest absolute Gasteiger partial charge is 0.266 e. The number of amides is 1. The number of hydrogen-bond donors (Lipinski definition) is 1. The van der Waals surface area contributed by atoms with E-state index in [1.54, 1.807) is 48.5 Å². The molecule has 0 aliphatic heterocycles. The van der Waals surface area contributed by atoms with Crippen LogP contribution in [0.25, 0.3) is 6.08 Å². The van der Waals surface area contributed by atoms with Crippen LogP contribution in [0.3, 0.4) is 0 Å². The summed E-state index contributed by atoms with van der Waals surface area (Å²) in [6, 6.07) is 15.9. The van der Waals surface area contributed by atoms with Crippen molar-refractivity contribution in [2.75, 3.05) is 11.9 Å². The number of anilines is 1. The number of carbonyl (C=O) groups is 1. The van der Waals surface area contributed by atoms with Crippen molar-refractivity contribution >= 4 is 29.3 Å². The topological polar surface area (TPSA) is 62.1 Å². The number of hydrogen-bond acceptors (Lipinski definition) is 3. The summed E-state index contributed by atoms with van der Waals surface area (Å²) in [6.07, 6.45) is 3.10. The second-order valence-electron chi connectivity index (χ2n) is 4.74. The average molecular weight is 339 g/mol. The molecule has 2 aromatic rings. The first-order chi connectivity index (χ1) is 11.7. The molecule has 0 atom stereocenters. The van der Waals surface area contributed by atoms with Crippen LogP contribution in [-0.2, 0) is 4.79 Å². The fourth-order valence-electron chi connectivity index (χ4n) is 1.94. The lowest BCUT2D eigenvalue weighted by molar-refractivity contribution is -0.112. The second-order valence-corrected chi connectivity index (χ2v) is 5.15. The molecule has 0 heterocycles. The molecule has 2 rings (SSSR count). The Hall–Kier alpha value is -3.03. The highest BCUT2D eigenvalue weighted by Crippen LogP contribution is 2.23. The zero-order valence-electron chi connectivity index (χ0n) is 12.8. The molecule has 0 unspecified atom stereocenters. The Labute approximate surface area is 145 Å². The highest BCUT2D eigenvalue weighted by atomic mass is 35.5. The molecule has 0 radical (unpaired) electrons. The molecule has 0 aliphatic rings. The highest BCUT2D eigenvalue weighted by molar-refractivity contribution is 6.34. The van der Waals surface area contributed by atoms with Crippen LogP contribution < -0.4 is 10.1 Å². The van der Waals surface area contributed by atoms with Crippen LogP contribution >= 0.6 is 11.6 Å². The molecule has 0 aliphatic carbocycles. The molecule has 1 amide bonds. The van der Waals surface area contributed by atoms with Gasteiger partial charge in [-0.25, -0.2) is 0 Å². The molecule has 120 valence electrons. The van der Waals surface area contributed by atoms with Gasteiger partial charge >= 0.3 is 0 Å². The summed E-state index contributed by atoms with van der Waals surface area (Å²) >= 11 is 6.01. The molecule has 24 heavy (non-hydrogen) atoms. The van der Waals surface area contributed by atoms with Crippen LogP contribution in [-0.4, -0.2) is 12.5 Å². The van der Waals surface area contributed by atoms with Gasteiger partial charge in [-0.1, -0.05) is 54.6 Å². The third-order valence-electron chi connectivity index (χ3n) is 3.06. The van der Waals surface area contributed by atoms with E-state index in [9.17, 15) is 10.1 Å². The van der Waals surface area contributed by atoms with Crippen molar-refractivity contribution < 1.29 is 9.53 Å². The van der Waals surface area contributed by atoms with E-state index in [-0.39, 0.29) is 5.57 Å². The van der Waals surface area contributed by atoms with Gasteiger partial charge in [0.15, 0.2) is 0 Å². The molecule has 0 saturated heterocycles. The number of nitriles is 1. The summed E-state index contributed by atoms with van der Waals surface area (Å²) in [7, 11) is 0. The molecule has 4 nitrogen and oxygen atoms in total. The Morgan fingerprint density at radius 1 is 1.25 bits per heavy atom. The maximum Gasteiger partial charge on any atom is 0.266 e. The first kappa shape index (κ1) is 17.3. The Kier molecular flexibility index (Phi) is 6.18. The number of rotatable bonds is 6. The highest BCUT2D eigenvalue weighted by Gasteiger charge is 2.12. The van der Waals surface area contributed by atoms with E-state index in [1.165, 1.54) is 6.08 Å². The number of para-hydroxylation sites is 2. The van der Waals surface area contributed by atoms with Crippen molar-refractivity contribution in [2.45, 2.75) is 0 Å². The zero-order valence-corrected chi connectivity index (χ0v) is 13.6. The number of nitrogens with one attached hydrogen (secondary N) is 1. The Morgan fingerprint density at radius 2 is 1.96 bits per heavy atom. The lowest BCUT2D eigenvalue weighted by Gasteiger charge is -2.08. The monoisotopic (exact) mass is 338 g/mol. The van der Waals surface area contributed by atoms with E-state index >= 15 is 0 Å². The summed E-state index contributed by atoms with van der Waals surface area (Å²) in [5.41, 5.74) is 1.02. The van der Waals surface area contributed by atoms with E-state index in [4.69, 9.17) is 16.3 Å². The number of nitrogens with zero attached hydrogens (tertiary/aromatic N) is 1. The average Bonchev–Trinajstić information content (AvgIpc) is 2.60. The van der Waals surface area contributed by atoms with Gasteiger partial charge in [-0.3, -0.25) is 4.79 Å². The minimum absolute atomic E-state index is 0.0513. The molecule has 0 spiro atoms. The second kappa shape index (κ2) is 8.56. The van der Waals surface area contributed by atoms with Gasteiger partial charge in [0.05, 0.1) is 10.7 Å². The Morgan fingerprint density at radius 3 is 2.67 bits per heavy atom. The molecule has 2 aromatic carbocycles. The zero-order chi connectivity index (χ0) is 17.4. The minimum Gasteiger partial charge on any atom is -0.489 e. The lowest BCUT2D eigenvalue weighted by atomic mass is 10.1. The molecule has 5 heteroatoms. The summed E-state index contributed by atoms with van der Waals surface area (Å²) in [4.78, 5) is 12.3. The Bertz CT molecular complexity index is 822. The first-order valence-electron chi connectivity index (χ1n) is 7.16. The van der Waals surface area contributed by atoms with Gasteiger partial charge in [0, 0.05) is 5.56 Å². The maximum atomic E-state index is 12.3. The molecule has 0 bridgehead atoms. The predicted octanol–water partition coefficient (Wildman–Crippen LogP) is 4.45. The summed E-state index contributed by atoms with van der Waals surface area (Å²) in [6.45, 7) is 3.93. The molecule has 1 N–H and O–H groups in total. The quantitative estimate of drug-likeness (QED) is 0.481. The van der Waals surface area contributed by atoms with Gasteiger partial charge in [0.1, 0.15) is 24.0 Å². The lowest BCUT2D eigenvalue weighted by Crippen LogP contribution is -2.13. The van der Waals surface area contributed by atoms with E-state index < -0.39 is 5.91 Å². The fraction of sp³-hybridized carbons (Fsp3) is 0.0526. The molecular weight excluding hydrogens is 324 g/mol. The third kappa shape index (κ3) is 4.48. The van der Waals surface area contributed by atoms with Gasteiger partial charge in [-0.05, 0) is 24.3 Å². The van der Waals surface area contributed by atoms with Crippen LogP contribution in [0.2, 0.25) is 5.02 Å². The van der Waals surface area contributed by atoms with Crippen LogP contribution in [0.15, 0.2) is 66.8 Å². The van der Waals surface area contributed by atoms with Crippen LogP contribution in [0.4, 0.5) is 5.69 Å². The van der Waals surface area contributed by atoms with Crippen molar-refractivity contribution in [3.05, 3.63) is 77.3 Å². The third-order valence-corrected chi connectivity index (χ3v) is 3.39. The van der Waals surface area contributed by atoms with Crippen LogP contribution in [0.5, 0.6) is 5.75 Å². The molecular formula is C19H15ClN2O2. The normalized spacial score (nSPS) is 10.6. The van der Waals surface area contributed by atoms with Crippen LogP contribution in [0, 0.1) is 11.3 Å². The first-order valence-corrected chi connectivity index (χ1v) is 7.54. The van der Waals surface area contributed by atoms with Gasteiger partial charge in [0.25, 0.3) is 5.91 Å². The van der Waals surface area contributed by atoms with Gasteiger partial charge in [-0.2, -0.15) is 5.26 Å². The van der Waals surface area contributed by atoms with Crippen molar-refractivity contribution in [3.8, 4) is 11.8 Å². The predicted molar refractivity (Wildman–Crippen MR) is 95.8 cm³/mol. The Balaban J connectivity index is 2.26. The van der Waals surface area contributed by atoms with E-state index in [1.807, 2.05) is 12.1 Å². The van der Waals surface area contributed by atoms with Crippen molar-refractivity contribution in [1.29, 1.82) is 5.26 Å². The largest absolute Gasteiger partial charge is 0.489 e. The SMILES string of the molecule is C=CCOc1ccccc1/C=C(\C#N)C(=O)Nc1ccccc1Cl. The molecule has 0 saturated carbocycles. The molecule has 0 fully saturated rings. The van der Waals surface area contributed by atoms with Crippen molar-refractivity contribution in [1.82, 2.24) is 0 Å². The minimum atomic E-state index is -0.538. The standard InChI is InChI=1S/C19H15ClN2O2/c1-2-11-24-18-10-6-3-7-14(18)12-15(13-21)19(23)22-17-9-5-4-8-16(17)20/h2-10,12H,1,11H2,(H,22,23)/b15-12+. The van der Waals surface area contributed by atoms with E-state index in [0.29, 0.717) is 28.6 Å². The van der Waals surface area contributed by atoms with E-state index in [2.05, 4.69) is 11.9 Å². The van der Waals surface area contributed by atoms with Gasteiger partial charge in [0.2, 0.25) is 0 Å². The van der Waals surface area contributed by atoms with E-state index in [0.717, 1.165) is 0 Å². The van der Waals surface area contributed by atoms with Gasteiger partial charge < -0.3 is 10.1 Å². The number of carbonyl (C=O) groups excluding carboxylic acids is 1. The summed E-state index contributed by atoms with van der Waals surface area (Å²) in [5.74, 6) is 0.0276. The summed E-state index contributed by atoms with van der Waals surface area (Å²) < 4.78 is 5.52. The maximum absolute atomic E-state index is 12.3.